The van der Waals surface area contributed by atoms with Crippen molar-refractivity contribution < 1.29 is 4.74 Å². The summed E-state index contributed by atoms with van der Waals surface area (Å²) >= 11 is 0. The molecule has 1 heterocycles. The third-order valence-electron chi connectivity index (χ3n) is 3.45. The van der Waals surface area contributed by atoms with Crippen LogP contribution in [-0.4, -0.2) is 48.8 Å². The van der Waals surface area contributed by atoms with E-state index in [1.165, 1.54) is 6.42 Å². The first-order valence-electron chi connectivity index (χ1n) is 6.65. The van der Waals surface area contributed by atoms with Gasteiger partial charge in [0.1, 0.15) is 0 Å². The maximum atomic E-state index is 5.75. The zero-order chi connectivity index (χ0) is 12.1. The molecule has 4 atom stereocenters. The van der Waals surface area contributed by atoms with Crippen LogP contribution in [0.25, 0.3) is 0 Å². The molecule has 0 radical (unpaired) electrons. The van der Waals surface area contributed by atoms with Crippen LogP contribution < -0.4 is 5.32 Å². The predicted molar refractivity (Wildman–Crippen MR) is 68.8 cm³/mol. The van der Waals surface area contributed by atoms with Crippen molar-refractivity contribution in [3.8, 4) is 0 Å². The second-order valence-corrected chi connectivity index (χ2v) is 5.28. The minimum Gasteiger partial charge on any atom is -0.373 e. The fourth-order valence-electron chi connectivity index (χ4n) is 2.22. The molecule has 1 rings (SSSR count). The van der Waals surface area contributed by atoms with Gasteiger partial charge in [0.15, 0.2) is 0 Å². The molecule has 0 bridgehead atoms. The van der Waals surface area contributed by atoms with Crippen LogP contribution in [0.5, 0.6) is 0 Å². The Morgan fingerprint density at radius 2 is 1.81 bits per heavy atom. The normalized spacial score (nSPS) is 31.3. The predicted octanol–water partition coefficient (Wildman–Crippen LogP) is 1.87. The summed E-state index contributed by atoms with van der Waals surface area (Å²) in [6.07, 6.45) is 1.94. The van der Waals surface area contributed by atoms with E-state index >= 15 is 0 Å². The maximum absolute atomic E-state index is 5.75. The van der Waals surface area contributed by atoms with Crippen molar-refractivity contribution in [2.45, 2.75) is 65.3 Å². The second-order valence-electron chi connectivity index (χ2n) is 5.28. The average Bonchev–Trinajstić information content (AvgIpc) is 2.23. The van der Waals surface area contributed by atoms with E-state index in [4.69, 9.17) is 4.74 Å². The molecule has 1 fully saturated rings. The molecule has 1 saturated heterocycles. The van der Waals surface area contributed by atoms with Crippen molar-refractivity contribution in [1.29, 1.82) is 0 Å². The van der Waals surface area contributed by atoms with Crippen molar-refractivity contribution in [1.82, 2.24) is 10.2 Å². The van der Waals surface area contributed by atoms with Crippen LogP contribution in [0.1, 0.15) is 41.0 Å². The molecule has 96 valence electrons. The lowest BCUT2D eigenvalue weighted by Gasteiger charge is -2.39. The van der Waals surface area contributed by atoms with Crippen molar-refractivity contribution >= 4 is 0 Å². The van der Waals surface area contributed by atoms with E-state index in [-0.39, 0.29) is 0 Å². The number of nitrogens with one attached hydrogen (secondary N) is 1. The van der Waals surface area contributed by atoms with Gasteiger partial charge in [0.2, 0.25) is 0 Å². The van der Waals surface area contributed by atoms with Crippen LogP contribution in [-0.2, 0) is 4.74 Å². The zero-order valence-corrected chi connectivity index (χ0v) is 11.5. The Kier molecular flexibility index (Phi) is 5.73. The number of ether oxygens (including phenoxy) is 1. The fraction of sp³-hybridized carbons (Fsp3) is 1.00. The summed E-state index contributed by atoms with van der Waals surface area (Å²) in [6, 6.07) is 1.22. The van der Waals surface area contributed by atoms with Crippen molar-refractivity contribution in [3.63, 3.8) is 0 Å². The minimum absolute atomic E-state index is 0.370. The van der Waals surface area contributed by atoms with E-state index in [1.807, 2.05) is 0 Å². The molecule has 0 amide bonds. The van der Waals surface area contributed by atoms with Crippen molar-refractivity contribution in [2.24, 2.45) is 0 Å². The Hall–Kier alpha value is -0.120. The Balaban J connectivity index is 2.32. The summed E-state index contributed by atoms with van der Waals surface area (Å²) < 4.78 is 5.75. The molecule has 3 nitrogen and oxygen atoms in total. The highest BCUT2D eigenvalue weighted by molar-refractivity contribution is 4.79. The van der Waals surface area contributed by atoms with E-state index in [2.05, 4.69) is 44.8 Å². The number of nitrogens with zero attached hydrogens (tertiary/aromatic N) is 1. The third kappa shape index (κ3) is 4.40. The standard InChI is InChI=1S/C13H28N2O/c1-6-10(2)14-7-11(3)15-8-12(4)16-13(5)9-15/h10-14H,6-9H2,1-5H3. The van der Waals surface area contributed by atoms with Gasteiger partial charge in [-0.1, -0.05) is 6.92 Å². The van der Waals surface area contributed by atoms with Crippen molar-refractivity contribution in [2.75, 3.05) is 19.6 Å². The van der Waals surface area contributed by atoms with E-state index in [1.54, 1.807) is 0 Å². The molecule has 1 aliphatic heterocycles. The largest absolute Gasteiger partial charge is 0.373 e. The Labute approximate surface area is 101 Å². The van der Waals surface area contributed by atoms with Crippen LogP contribution in [0.4, 0.5) is 0 Å². The van der Waals surface area contributed by atoms with Gasteiger partial charge in [-0.05, 0) is 34.1 Å². The van der Waals surface area contributed by atoms with Crippen LogP contribution in [0, 0.1) is 0 Å². The van der Waals surface area contributed by atoms with Gasteiger partial charge in [-0.25, -0.2) is 0 Å². The summed E-state index contributed by atoms with van der Waals surface area (Å²) in [4.78, 5) is 2.54. The molecule has 0 aromatic heterocycles. The maximum Gasteiger partial charge on any atom is 0.0678 e. The number of hydrogen-bond donors (Lipinski definition) is 1. The summed E-state index contributed by atoms with van der Waals surface area (Å²) in [5.41, 5.74) is 0. The van der Waals surface area contributed by atoms with E-state index < -0.39 is 0 Å². The summed E-state index contributed by atoms with van der Waals surface area (Å²) in [6.45, 7) is 14.3. The Morgan fingerprint density at radius 1 is 1.25 bits per heavy atom. The van der Waals surface area contributed by atoms with Gasteiger partial charge in [0.25, 0.3) is 0 Å². The Bertz CT molecular complexity index is 188. The number of rotatable bonds is 5. The van der Waals surface area contributed by atoms with Gasteiger partial charge >= 0.3 is 0 Å². The molecule has 0 aromatic carbocycles. The zero-order valence-electron chi connectivity index (χ0n) is 11.5. The van der Waals surface area contributed by atoms with Gasteiger partial charge in [0.05, 0.1) is 12.2 Å². The van der Waals surface area contributed by atoms with E-state index in [0.29, 0.717) is 24.3 Å². The highest BCUT2D eigenvalue weighted by Crippen LogP contribution is 2.13. The average molecular weight is 228 g/mol. The lowest BCUT2D eigenvalue weighted by molar-refractivity contribution is -0.0782. The Morgan fingerprint density at radius 3 is 2.31 bits per heavy atom. The molecule has 1 aliphatic rings. The summed E-state index contributed by atoms with van der Waals surface area (Å²) in [7, 11) is 0. The highest BCUT2D eigenvalue weighted by atomic mass is 16.5. The summed E-state index contributed by atoms with van der Waals surface area (Å²) in [5, 5.41) is 3.58. The van der Waals surface area contributed by atoms with Crippen LogP contribution in [0.15, 0.2) is 0 Å². The van der Waals surface area contributed by atoms with Crippen LogP contribution in [0.3, 0.4) is 0 Å². The molecule has 0 aliphatic carbocycles. The third-order valence-corrected chi connectivity index (χ3v) is 3.45. The molecular formula is C13H28N2O. The highest BCUT2D eigenvalue weighted by Gasteiger charge is 2.25. The lowest BCUT2D eigenvalue weighted by Crippen LogP contribution is -2.52. The van der Waals surface area contributed by atoms with Gasteiger partial charge in [0, 0.05) is 31.7 Å². The first-order valence-corrected chi connectivity index (χ1v) is 6.65. The van der Waals surface area contributed by atoms with Crippen LogP contribution >= 0.6 is 0 Å². The molecular weight excluding hydrogens is 200 g/mol. The lowest BCUT2D eigenvalue weighted by atomic mass is 10.1. The number of hydrogen-bond acceptors (Lipinski definition) is 3. The van der Waals surface area contributed by atoms with Crippen LogP contribution in [0.2, 0.25) is 0 Å². The molecule has 3 heteroatoms. The second kappa shape index (κ2) is 6.58. The monoisotopic (exact) mass is 228 g/mol. The van der Waals surface area contributed by atoms with Gasteiger partial charge in [-0.15, -0.1) is 0 Å². The molecule has 4 unspecified atom stereocenters. The van der Waals surface area contributed by atoms with E-state index in [0.717, 1.165) is 19.6 Å². The molecule has 16 heavy (non-hydrogen) atoms. The molecule has 1 N–H and O–H groups in total. The van der Waals surface area contributed by atoms with E-state index in [9.17, 15) is 0 Å². The molecule has 0 spiro atoms. The molecule has 0 aromatic rings. The summed E-state index contributed by atoms with van der Waals surface area (Å²) in [5.74, 6) is 0. The van der Waals surface area contributed by atoms with Gasteiger partial charge in [-0.3, -0.25) is 4.90 Å². The number of morpholine rings is 1. The first-order chi connectivity index (χ1) is 7.52. The minimum atomic E-state index is 0.370. The quantitative estimate of drug-likeness (QED) is 0.777. The smallest absolute Gasteiger partial charge is 0.0678 e. The van der Waals surface area contributed by atoms with Gasteiger partial charge in [-0.2, -0.15) is 0 Å². The van der Waals surface area contributed by atoms with Crippen molar-refractivity contribution in [3.05, 3.63) is 0 Å². The molecule has 0 saturated carbocycles. The van der Waals surface area contributed by atoms with Gasteiger partial charge < -0.3 is 10.1 Å². The topological polar surface area (TPSA) is 24.5 Å². The first kappa shape index (κ1) is 13.9. The fourth-order valence-corrected chi connectivity index (χ4v) is 2.22. The SMILES string of the molecule is CCC(C)NCC(C)N1CC(C)OC(C)C1.